The van der Waals surface area contributed by atoms with Crippen molar-refractivity contribution in [3.05, 3.63) is 0 Å². The van der Waals surface area contributed by atoms with Gasteiger partial charge in [0.25, 0.3) is 5.91 Å². The first-order valence-corrected chi connectivity index (χ1v) is 13.1. The smallest absolute Gasteiger partial charge is 0.325 e. The van der Waals surface area contributed by atoms with Crippen LogP contribution in [0, 0.1) is 0 Å². The third-order valence-electron chi connectivity index (χ3n) is 7.70. The number of hydrogen-bond acceptors (Lipinski definition) is 4. The van der Waals surface area contributed by atoms with Gasteiger partial charge in [-0.15, -0.1) is 0 Å². The van der Waals surface area contributed by atoms with E-state index in [1.54, 1.807) is 0 Å². The number of carbonyl (C=O) groups is 2. The van der Waals surface area contributed by atoms with Crippen LogP contribution in [-0.2, 0) is 9.53 Å². The van der Waals surface area contributed by atoms with Crippen LogP contribution in [0.2, 0.25) is 0 Å². The predicted octanol–water partition coefficient (Wildman–Crippen LogP) is 5.25. The van der Waals surface area contributed by atoms with E-state index in [2.05, 4.69) is 44.8 Å². The Morgan fingerprint density at radius 3 is 1.88 bits per heavy atom. The Hall–Kier alpha value is -1.14. The Kier molecular flexibility index (Phi) is 8.30. The van der Waals surface area contributed by atoms with Crippen molar-refractivity contribution in [3.8, 4) is 0 Å². The van der Waals surface area contributed by atoms with Gasteiger partial charge in [-0.2, -0.15) is 0 Å². The fourth-order valence-corrected chi connectivity index (χ4v) is 6.30. The minimum Gasteiger partial charge on any atom is -0.372 e. The summed E-state index contributed by atoms with van der Waals surface area (Å²) >= 11 is 0. The normalized spacial score (nSPS) is 26.0. The van der Waals surface area contributed by atoms with Crippen LogP contribution >= 0.6 is 0 Å². The van der Waals surface area contributed by atoms with E-state index in [1.165, 1.54) is 56.3 Å². The molecule has 1 N–H and O–H groups in total. The molecular weight excluding hydrogens is 402 g/mol. The Labute approximate surface area is 195 Å². The van der Waals surface area contributed by atoms with Gasteiger partial charge in [0.05, 0.1) is 12.7 Å². The number of ether oxygens (including phenoxy) is 1. The largest absolute Gasteiger partial charge is 0.372 e. The highest BCUT2D eigenvalue weighted by molar-refractivity contribution is 6.07. The summed E-state index contributed by atoms with van der Waals surface area (Å²) in [6, 6.07) is -0.198. The number of amides is 3. The Balaban J connectivity index is 1.47. The van der Waals surface area contributed by atoms with Crippen molar-refractivity contribution in [3.63, 3.8) is 0 Å². The first-order valence-electron chi connectivity index (χ1n) is 13.1. The Bertz CT molecular complexity index is 639. The number of nitrogens with one attached hydrogen (secondary N) is 1. The lowest BCUT2D eigenvalue weighted by atomic mass is 9.68. The van der Waals surface area contributed by atoms with Gasteiger partial charge in [-0.3, -0.25) is 14.6 Å². The maximum Gasteiger partial charge on any atom is 0.325 e. The average molecular weight is 450 g/mol. The van der Waals surface area contributed by atoms with Gasteiger partial charge in [0.2, 0.25) is 0 Å². The number of unbranched alkanes of at least 4 members (excludes halogenated alkanes) is 9. The fourth-order valence-electron chi connectivity index (χ4n) is 6.30. The quantitative estimate of drug-likeness (QED) is 0.237. The molecule has 3 rings (SSSR count). The SMILES string of the molecule is CCCCCCCCCCCCN1C(=O)NC2(CC(C)(C)N(CC3CO3)C(C)(C)C2)C1=O. The summed E-state index contributed by atoms with van der Waals surface area (Å²) in [7, 11) is 0. The number of nitrogens with zero attached hydrogens (tertiary/aromatic N) is 2. The molecule has 0 bridgehead atoms. The molecular formula is C26H47N3O3. The van der Waals surface area contributed by atoms with Crippen LogP contribution in [0.4, 0.5) is 4.79 Å². The highest BCUT2D eigenvalue weighted by Gasteiger charge is 2.61. The number of urea groups is 1. The molecule has 0 aromatic heterocycles. The van der Waals surface area contributed by atoms with Crippen molar-refractivity contribution in [2.75, 3.05) is 19.7 Å². The lowest BCUT2D eigenvalue weighted by Gasteiger charge is -2.57. The molecule has 1 atom stereocenters. The van der Waals surface area contributed by atoms with Crippen LogP contribution in [0.3, 0.4) is 0 Å². The maximum absolute atomic E-state index is 13.5. The zero-order valence-electron chi connectivity index (χ0n) is 21.3. The lowest BCUT2D eigenvalue weighted by Crippen LogP contribution is -2.70. The van der Waals surface area contributed by atoms with Crippen LogP contribution in [0.1, 0.15) is 112 Å². The highest BCUT2D eigenvalue weighted by Crippen LogP contribution is 2.46. The number of piperidine rings is 1. The van der Waals surface area contributed by atoms with Gasteiger partial charge in [0, 0.05) is 24.2 Å². The molecule has 184 valence electrons. The van der Waals surface area contributed by atoms with Crippen LogP contribution in [0.25, 0.3) is 0 Å². The van der Waals surface area contributed by atoms with Crippen LogP contribution in [0.5, 0.6) is 0 Å². The van der Waals surface area contributed by atoms with Gasteiger partial charge >= 0.3 is 6.03 Å². The van der Waals surface area contributed by atoms with E-state index < -0.39 is 5.54 Å². The van der Waals surface area contributed by atoms with Crippen LogP contribution in [0.15, 0.2) is 0 Å². The second-order valence-electron chi connectivity index (χ2n) is 11.7. The topological polar surface area (TPSA) is 65.2 Å². The van der Waals surface area contributed by atoms with Crippen molar-refractivity contribution in [1.82, 2.24) is 15.1 Å². The van der Waals surface area contributed by atoms with E-state index in [0.29, 0.717) is 25.5 Å². The molecule has 0 aliphatic carbocycles. The van der Waals surface area contributed by atoms with E-state index in [4.69, 9.17) is 4.74 Å². The summed E-state index contributed by atoms with van der Waals surface area (Å²) in [5, 5.41) is 3.13. The predicted molar refractivity (Wildman–Crippen MR) is 129 cm³/mol. The summed E-state index contributed by atoms with van der Waals surface area (Å²) in [4.78, 5) is 30.3. The molecule has 3 aliphatic rings. The van der Waals surface area contributed by atoms with Crippen LogP contribution < -0.4 is 5.32 Å². The van der Waals surface area contributed by atoms with Gasteiger partial charge in [-0.1, -0.05) is 64.7 Å². The Morgan fingerprint density at radius 1 is 0.875 bits per heavy atom. The molecule has 3 heterocycles. The van der Waals surface area contributed by atoms with E-state index in [9.17, 15) is 9.59 Å². The zero-order chi connectivity index (χ0) is 23.4. The fraction of sp³-hybridized carbons (Fsp3) is 0.923. The van der Waals surface area contributed by atoms with Gasteiger partial charge in [-0.05, 0) is 47.0 Å². The number of likely N-dealkylation sites (tertiary alicyclic amines) is 1. The second kappa shape index (κ2) is 10.4. The molecule has 6 heteroatoms. The summed E-state index contributed by atoms with van der Waals surface area (Å²) in [6.07, 6.45) is 14.1. The van der Waals surface area contributed by atoms with Crippen molar-refractivity contribution in [1.29, 1.82) is 0 Å². The zero-order valence-corrected chi connectivity index (χ0v) is 21.3. The van der Waals surface area contributed by atoms with Crippen molar-refractivity contribution in [2.24, 2.45) is 0 Å². The Morgan fingerprint density at radius 2 is 1.38 bits per heavy atom. The van der Waals surface area contributed by atoms with Gasteiger partial charge in [0.15, 0.2) is 0 Å². The summed E-state index contributed by atoms with van der Waals surface area (Å²) < 4.78 is 5.48. The molecule has 0 aromatic carbocycles. The van der Waals surface area contributed by atoms with Gasteiger partial charge in [-0.25, -0.2) is 4.79 Å². The number of rotatable bonds is 13. The minimum atomic E-state index is -0.774. The van der Waals surface area contributed by atoms with Gasteiger partial charge in [0.1, 0.15) is 5.54 Å². The van der Waals surface area contributed by atoms with E-state index in [1.807, 2.05) is 0 Å². The molecule has 0 saturated carbocycles. The third-order valence-corrected chi connectivity index (χ3v) is 7.70. The molecule has 1 spiro atoms. The highest BCUT2D eigenvalue weighted by atomic mass is 16.6. The summed E-state index contributed by atoms with van der Waals surface area (Å²) in [5.41, 5.74) is -1.16. The number of hydrogen-bond donors (Lipinski definition) is 1. The van der Waals surface area contributed by atoms with Crippen molar-refractivity contribution < 1.29 is 14.3 Å². The number of carbonyl (C=O) groups excluding carboxylic acids is 2. The molecule has 6 nitrogen and oxygen atoms in total. The lowest BCUT2D eigenvalue weighted by molar-refractivity contribution is -0.141. The molecule has 3 saturated heterocycles. The molecule has 1 unspecified atom stereocenters. The average Bonchev–Trinajstić information content (AvgIpc) is 3.49. The minimum absolute atomic E-state index is 0.0121. The first-order chi connectivity index (χ1) is 15.1. The van der Waals surface area contributed by atoms with E-state index >= 15 is 0 Å². The second-order valence-corrected chi connectivity index (χ2v) is 11.7. The van der Waals surface area contributed by atoms with Crippen molar-refractivity contribution in [2.45, 2.75) is 134 Å². The summed E-state index contributed by atoms with van der Waals surface area (Å²) in [6.45, 7) is 13.3. The molecule has 3 aliphatic heterocycles. The van der Waals surface area contributed by atoms with Gasteiger partial charge < -0.3 is 10.1 Å². The third kappa shape index (κ3) is 6.05. The molecule has 0 radical (unpaired) electrons. The molecule has 3 fully saturated rings. The summed E-state index contributed by atoms with van der Waals surface area (Å²) in [5.74, 6) is -0.0121. The van der Waals surface area contributed by atoms with Crippen LogP contribution in [-0.4, -0.2) is 64.2 Å². The van der Waals surface area contributed by atoms with E-state index in [0.717, 1.165) is 26.0 Å². The number of imide groups is 1. The molecule has 32 heavy (non-hydrogen) atoms. The molecule has 0 aromatic rings. The first kappa shape index (κ1) is 25.5. The van der Waals surface area contributed by atoms with Crippen molar-refractivity contribution >= 4 is 11.9 Å². The number of epoxide rings is 1. The van der Waals surface area contributed by atoms with E-state index in [-0.39, 0.29) is 23.0 Å². The maximum atomic E-state index is 13.5. The standard InChI is InChI=1S/C26H47N3O3/c1-6-7-8-9-10-11-12-13-14-15-16-28-22(30)26(27-23(28)31)19-24(2,3)29(17-21-18-32-21)25(4,5)20-26/h21H,6-20H2,1-5H3,(H,27,31). The molecule has 3 amide bonds. The monoisotopic (exact) mass is 449 g/mol.